The van der Waals surface area contributed by atoms with E-state index in [9.17, 15) is 0 Å². The highest BCUT2D eigenvalue weighted by Gasteiger charge is 2.36. The molecule has 0 bridgehead atoms. The lowest BCUT2D eigenvalue weighted by molar-refractivity contribution is 0.0714. The molecule has 0 aromatic carbocycles. The van der Waals surface area contributed by atoms with Gasteiger partial charge in [-0.3, -0.25) is 4.90 Å². The van der Waals surface area contributed by atoms with E-state index < -0.39 is 0 Å². The Morgan fingerprint density at radius 2 is 1.83 bits per heavy atom. The number of likely N-dealkylation sites (N-methyl/N-ethyl adjacent to an activating group) is 1. The number of nitrogens with two attached hydrogens (primary N) is 1. The van der Waals surface area contributed by atoms with E-state index in [2.05, 4.69) is 39.5 Å². The first-order valence-corrected chi connectivity index (χ1v) is 7.89. The Morgan fingerprint density at radius 3 is 2.33 bits per heavy atom. The molecule has 1 fully saturated rings. The van der Waals surface area contributed by atoms with Gasteiger partial charge >= 0.3 is 0 Å². The zero-order valence-electron chi connectivity index (χ0n) is 13.2. The van der Waals surface area contributed by atoms with Gasteiger partial charge in [-0.05, 0) is 50.1 Å². The predicted molar refractivity (Wildman–Crippen MR) is 80.7 cm³/mol. The molecule has 0 spiro atoms. The highest BCUT2D eigenvalue weighted by Crippen LogP contribution is 2.38. The predicted octanol–water partition coefficient (Wildman–Crippen LogP) is 3.65. The van der Waals surface area contributed by atoms with Crippen molar-refractivity contribution in [2.45, 2.75) is 78.8 Å². The molecule has 0 aliphatic heterocycles. The van der Waals surface area contributed by atoms with Crippen molar-refractivity contribution in [3.8, 4) is 0 Å². The molecule has 1 aliphatic rings. The third kappa shape index (κ3) is 4.24. The van der Waals surface area contributed by atoms with Crippen molar-refractivity contribution in [1.29, 1.82) is 0 Å². The van der Waals surface area contributed by atoms with Gasteiger partial charge in [-0.15, -0.1) is 0 Å². The lowest BCUT2D eigenvalue weighted by atomic mass is 9.69. The average molecular weight is 254 g/mol. The topological polar surface area (TPSA) is 29.3 Å². The fraction of sp³-hybridized carbons (Fsp3) is 1.00. The Kier molecular flexibility index (Phi) is 6.13. The zero-order valence-corrected chi connectivity index (χ0v) is 13.2. The highest BCUT2D eigenvalue weighted by molar-refractivity contribution is 4.92. The van der Waals surface area contributed by atoms with Crippen molar-refractivity contribution in [2.24, 2.45) is 17.1 Å². The van der Waals surface area contributed by atoms with Crippen molar-refractivity contribution in [1.82, 2.24) is 4.90 Å². The SMILES string of the molecule is CCCCN(CC)C1CC(C(C)(C)C)CCC1N. The van der Waals surface area contributed by atoms with Crippen LogP contribution in [-0.4, -0.2) is 30.1 Å². The van der Waals surface area contributed by atoms with Crippen LogP contribution in [-0.2, 0) is 0 Å². The maximum Gasteiger partial charge on any atom is 0.0249 e. The summed E-state index contributed by atoms with van der Waals surface area (Å²) in [7, 11) is 0. The molecule has 2 heteroatoms. The quantitative estimate of drug-likeness (QED) is 0.811. The summed E-state index contributed by atoms with van der Waals surface area (Å²) in [5.74, 6) is 0.831. The largest absolute Gasteiger partial charge is 0.326 e. The number of rotatable bonds is 5. The summed E-state index contributed by atoms with van der Waals surface area (Å²) in [6.07, 6.45) is 6.39. The minimum absolute atomic E-state index is 0.389. The number of hydrogen-bond acceptors (Lipinski definition) is 2. The van der Waals surface area contributed by atoms with Crippen LogP contribution in [0, 0.1) is 11.3 Å². The van der Waals surface area contributed by atoms with Crippen molar-refractivity contribution in [3.63, 3.8) is 0 Å². The molecular formula is C16H34N2. The van der Waals surface area contributed by atoms with Crippen LogP contribution in [0.15, 0.2) is 0 Å². The molecule has 108 valence electrons. The molecule has 0 amide bonds. The van der Waals surface area contributed by atoms with Gasteiger partial charge < -0.3 is 5.73 Å². The molecule has 1 saturated carbocycles. The first-order valence-electron chi connectivity index (χ1n) is 7.89. The summed E-state index contributed by atoms with van der Waals surface area (Å²) >= 11 is 0. The van der Waals surface area contributed by atoms with E-state index in [0.717, 1.165) is 12.5 Å². The second-order valence-corrected chi connectivity index (χ2v) is 7.09. The van der Waals surface area contributed by atoms with E-state index in [1.165, 1.54) is 38.6 Å². The molecule has 3 unspecified atom stereocenters. The average Bonchev–Trinajstić information content (AvgIpc) is 2.30. The molecule has 0 aromatic rings. The summed E-state index contributed by atoms with van der Waals surface area (Å²) in [5, 5.41) is 0. The lowest BCUT2D eigenvalue weighted by Crippen LogP contribution is -2.52. The molecule has 3 atom stereocenters. The Labute approximate surface area is 114 Å². The molecule has 18 heavy (non-hydrogen) atoms. The number of unbranched alkanes of at least 4 members (excludes halogenated alkanes) is 1. The molecule has 2 nitrogen and oxygen atoms in total. The minimum Gasteiger partial charge on any atom is -0.326 e. The monoisotopic (exact) mass is 254 g/mol. The molecule has 0 radical (unpaired) electrons. The van der Waals surface area contributed by atoms with Gasteiger partial charge in [0.25, 0.3) is 0 Å². The Bertz CT molecular complexity index is 232. The Morgan fingerprint density at radius 1 is 1.17 bits per heavy atom. The molecule has 1 aliphatic carbocycles. The lowest BCUT2D eigenvalue weighted by Gasteiger charge is -2.45. The van der Waals surface area contributed by atoms with E-state index in [1.54, 1.807) is 0 Å². The van der Waals surface area contributed by atoms with E-state index in [1.807, 2.05) is 0 Å². The smallest absolute Gasteiger partial charge is 0.0249 e. The third-order valence-electron chi connectivity index (χ3n) is 4.77. The van der Waals surface area contributed by atoms with Crippen LogP contribution in [0.3, 0.4) is 0 Å². The van der Waals surface area contributed by atoms with Crippen LogP contribution in [0.5, 0.6) is 0 Å². The van der Waals surface area contributed by atoms with Crippen LogP contribution < -0.4 is 5.73 Å². The van der Waals surface area contributed by atoms with Crippen LogP contribution in [0.1, 0.15) is 66.7 Å². The molecule has 2 N–H and O–H groups in total. The number of nitrogens with zero attached hydrogens (tertiary/aromatic N) is 1. The fourth-order valence-corrected chi connectivity index (χ4v) is 3.30. The van der Waals surface area contributed by atoms with Crippen LogP contribution >= 0.6 is 0 Å². The molecule has 1 rings (SSSR count). The fourth-order valence-electron chi connectivity index (χ4n) is 3.30. The van der Waals surface area contributed by atoms with E-state index in [4.69, 9.17) is 5.73 Å². The standard InChI is InChI=1S/C16H34N2/c1-6-8-11-18(7-2)15-12-13(16(3,4)5)9-10-14(15)17/h13-15H,6-12,17H2,1-5H3. The number of hydrogen-bond donors (Lipinski definition) is 1. The van der Waals surface area contributed by atoms with Crippen molar-refractivity contribution >= 4 is 0 Å². The van der Waals surface area contributed by atoms with E-state index >= 15 is 0 Å². The summed E-state index contributed by atoms with van der Waals surface area (Å²) in [6.45, 7) is 14.1. The van der Waals surface area contributed by atoms with Gasteiger partial charge in [-0.25, -0.2) is 0 Å². The summed E-state index contributed by atoms with van der Waals surface area (Å²) < 4.78 is 0. The maximum absolute atomic E-state index is 6.39. The van der Waals surface area contributed by atoms with E-state index in [-0.39, 0.29) is 0 Å². The highest BCUT2D eigenvalue weighted by atomic mass is 15.2. The van der Waals surface area contributed by atoms with Gasteiger partial charge in [0.05, 0.1) is 0 Å². The van der Waals surface area contributed by atoms with E-state index in [0.29, 0.717) is 17.5 Å². The Hall–Kier alpha value is -0.0800. The van der Waals surface area contributed by atoms with Gasteiger partial charge in [0.15, 0.2) is 0 Å². The van der Waals surface area contributed by atoms with Gasteiger partial charge in [-0.1, -0.05) is 41.0 Å². The minimum atomic E-state index is 0.389. The summed E-state index contributed by atoms with van der Waals surface area (Å²) in [6, 6.07) is 1.000. The normalized spacial score (nSPS) is 29.8. The Balaban J connectivity index is 2.65. The van der Waals surface area contributed by atoms with Crippen LogP contribution in [0.4, 0.5) is 0 Å². The van der Waals surface area contributed by atoms with Crippen LogP contribution in [0.25, 0.3) is 0 Å². The maximum atomic E-state index is 6.39. The molecular weight excluding hydrogens is 220 g/mol. The van der Waals surface area contributed by atoms with Crippen molar-refractivity contribution in [3.05, 3.63) is 0 Å². The molecule has 0 aromatic heterocycles. The first kappa shape index (κ1) is 16.0. The second kappa shape index (κ2) is 6.91. The second-order valence-electron chi connectivity index (χ2n) is 7.09. The van der Waals surface area contributed by atoms with Crippen molar-refractivity contribution < 1.29 is 0 Å². The van der Waals surface area contributed by atoms with Gasteiger partial charge in [-0.2, -0.15) is 0 Å². The van der Waals surface area contributed by atoms with Crippen LogP contribution in [0.2, 0.25) is 0 Å². The van der Waals surface area contributed by atoms with Gasteiger partial charge in [0, 0.05) is 12.1 Å². The summed E-state index contributed by atoms with van der Waals surface area (Å²) in [4.78, 5) is 2.63. The van der Waals surface area contributed by atoms with Crippen molar-refractivity contribution in [2.75, 3.05) is 13.1 Å². The van der Waals surface area contributed by atoms with Gasteiger partial charge in [0.1, 0.15) is 0 Å². The third-order valence-corrected chi connectivity index (χ3v) is 4.77. The van der Waals surface area contributed by atoms with Gasteiger partial charge in [0.2, 0.25) is 0 Å². The molecule has 0 heterocycles. The molecule has 0 saturated heterocycles. The first-order chi connectivity index (χ1) is 8.40. The summed E-state index contributed by atoms with van der Waals surface area (Å²) in [5.41, 5.74) is 6.82. The zero-order chi connectivity index (χ0) is 13.8.